The Labute approximate surface area is 162 Å². The molecule has 0 saturated carbocycles. The highest BCUT2D eigenvalue weighted by Crippen LogP contribution is 2.27. The number of alkyl halides is 3. The molecule has 0 aromatic heterocycles. The lowest BCUT2D eigenvalue weighted by Crippen LogP contribution is -2.51. The minimum absolute atomic E-state index is 0.382. The highest BCUT2D eigenvalue weighted by Gasteiger charge is 2.38. The monoisotopic (exact) mass is 416 g/mol. The molecule has 0 aliphatic carbocycles. The van der Waals surface area contributed by atoms with Gasteiger partial charge in [-0.3, -0.25) is 4.79 Å². The Morgan fingerprint density at radius 2 is 1.84 bits per heavy atom. The average molecular weight is 418 g/mol. The summed E-state index contributed by atoms with van der Waals surface area (Å²) in [5.74, 6) is -1.04. The van der Waals surface area contributed by atoms with Crippen LogP contribution in [0.2, 0.25) is 0 Å². The summed E-state index contributed by atoms with van der Waals surface area (Å²) in [4.78, 5) is 37.8. The van der Waals surface area contributed by atoms with Gasteiger partial charge in [-0.2, -0.15) is 0 Å². The van der Waals surface area contributed by atoms with E-state index in [1.165, 1.54) is 11.8 Å². The number of nitrogens with zero attached hydrogens (tertiary/aromatic N) is 1. The molecule has 0 aromatic rings. The zero-order valence-corrected chi connectivity index (χ0v) is 16.9. The first-order chi connectivity index (χ1) is 11.3. The van der Waals surface area contributed by atoms with E-state index in [0.717, 1.165) is 0 Å². The minimum Gasteiger partial charge on any atom is -0.460 e. The summed E-state index contributed by atoms with van der Waals surface area (Å²) in [5.41, 5.74) is -0.677. The number of halogens is 3. The minimum atomic E-state index is -1.71. The van der Waals surface area contributed by atoms with Crippen molar-refractivity contribution >= 4 is 52.8 Å². The predicted octanol–water partition coefficient (Wildman–Crippen LogP) is 2.80. The van der Waals surface area contributed by atoms with Gasteiger partial charge in [-0.1, -0.05) is 34.8 Å². The Bertz CT molecular complexity index is 516. The number of likely N-dealkylation sites (tertiary alicyclic amines) is 1. The van der Waals surface area contributed by atoms with E-state index in [9.17, 15) is 14.4 Å². The lowest BCUT2D eigenvalue weighted by atomic mass is 10.2. The van der Waals surface area contributed by atoms with Gasteiger partial charge in [0.15, 0.2) is 0 Å². The van der Waals surface area contributed by atoms with Gasteiger partial charge < -0.3 is 19.7 Å². The summed E-state index contributed by atoms with van der Waals surface area (Å²) in [6.45, 7) is 6.66. The molecule has 25 heavy (non-hydrogen) atoms. The van der Waals surface area contributed by atoms with Gasteiger partial charge in [0.2, 0.25) is 9.70 Å². The SMILES string of the molecule is CC(NC(=O)OC(C)(C)C)C(=O)N1CCCC1C(=O)OCC(Cl)(Cl)Cl. The molecule has 144 valence electrons. The molecule has 7 nitrogen and oxygen atoms in total. The third-order valence-electron chi connectivity index (χ3n) is 3.29. The van der Waals surface area contributed by atoms with Gasteiger partial charge in [0.1, 0.15) is 24.3 Å². The summed E-state index contributed by atoms with van der Waals surface area (Å²) < 4.78 is 8.36. The molecule has 0 bridgehead atoms. The van der Waals surface area contributed by atoms with Crippen LogP contribution < -0.4 is 5.32 Å². The third kappa shape index (κ3) is 7.88. The van der Waals surface area contributed by atoms with Crippen LogP contribution in [0.5, 0.6) is 0 Å². The Morgan fingerprint density at radius 1 is 1.24 bits per heavy atom. The predicted molar refractivity (Wildman–Crippen MR) is 94.8 cm³/mol. The number of ether oxygens (including phenoxy) is 2. The lowest BCUT2D eigenvalue weighted by molar-refractivity contribution is -0.153. The van der Waals surface area contributed by atoms with Gasteiger partial charge in [0, 0.05) is 6.54 Å². The van der Waals surface area contributed by atoms with Gasteiger partial charge in [-0.05, 0) is 40.5 Å². The highest BCUT2D eigenvalue weighted by molar-refractivity contribution is 6.67. The molecular weight excluding hydrogens is 395 g/mol. The van der Waals surface area contributed by atoms with E-state index in [0.29, 0.717) is 19.4 Å². The van der Waals surface area contributed by atoms with Crippen molar-refractivity contribution in [2.24, 2.45) is 0 Å². The molecule has 0 spiro atoms. The topological polar surface area (TPSA) is 84.9 Å². The number of alkyl carbamates (subject to hydrolysis) is 1. The van der Waals surface area contributed by atoms with Crippen molar-refractivity contribution < 1.29 is 23.9 Å². The molecule has 2 unspecified atom stereocenters. The zero-order chi connectivity index (χ0) is 19.4. The van der Waals surface area contributed by atoms with E-state index in [4.69, 9.17) is 44.3 Å². The number of esters is 1. The van der Waals surface area contributed by atoms with Crippen LogP contribution >= 0.6 is 34.8 Å². The summed E-state index contributed by atoms with van der Waals surface area (Å²) in [6.07, 6.45) is 0.380. The van der Waals surface area contributed by atoms with Crippen LogP contribution in [0.25, 0.3) is 0 Å². The number of amides is 2. The third-order valence-corrected chi connectivity index (χ3v) is 3.62. The molecular formula is C15H23Cl3N2O5. The molecule has 2 atom stereocenters. The van der Waals surface area contributed by atoms with Crippen LogP contribution in [0.15, 0.2) is 0 Å². The molecule has 10 heteroatoms. The average Bonchev–Trinajstić information content (AvgIpc) is 2.90. The molecule has 1 heterocycles. The number of hydrogen-bond acceptors (Lipinski definition) is 5. The maximum Gasteiger partial charge on any atom is 0.408 e. The largest absolute Gasteiger partial charge is 0.460 e. The molecule has 1 rings (SSSR count). The number of rotatable bonds is 4. The van der Waals surface area contributed by atoms with Crippen molar-refractivity contribution in [1.29, 1.82) is 0 Å². The smallest absolute Gasteiger partial charge is 0.408 e. The van der Waals surface area contributed by atoms with Crippen LogP contribution in [0.3, 0.4) is 0 Å². The van der Waals surface area contributed by atoms with Gasteiger partial charge in [-0.25, -0.2) is 9.59 Å². The molecule has 1 fully saturated rings. The van der Waals surface area contributed by atoms with Gasteiger partial charge >= 0.3 is 12.1 Å². The lowest BCUT2D eigenvalue weighted by Gasteiger charge is -2.27. The van der Waals surface area contributed by atoms with Gasteiger partial charge in [-0.15, -0.1) is 0 Å². The fourth-order valence-corrected chi connectivity index (χ4v) is 2.48. The quantitative estimate of drug-likeness (QED) is 0.561. The Kier molecular flexibility index (Phi) is 7.65. The van der Waals surface area contributed by atoms with Crippen molar-refractivity contribution in [3.8, 4) is 0 Å². The second kappa shape index (κ2) is 8.64. The van der Waals surface area contributed by atoms with Gasteiger partial charge in [0.05, 0.1) is 0 Å². The van der Waals surface area contributed by atoms with Crippen molar-refractivity contribution in [2.45, 2.75) is 62.0 Å². The van der Waals surface area contributed by atoms with E-state index in [1.54, 1.807) is 20.8 Å². The van der Waals surface area contributed by atoms with E-state index in [1.807, 2.05) is 0 Å². The molecule has 0 radical (unpaired) electrons. The molecule has 2 amide bonds. The van der Waals surface area contributed by atoms with Crippen LogP contribution in [0.4, 0.5) is 4.79 Å². The fourth-order valence-electron chi connectivity index (χ4n) is 2.32. The maximum atomic E-state index is 12.5. The fraction of sp³-hybridized carbons (Fsp3) is 0.800. The number of carbonyl (C=O) groups excluding carboxylic acids is 3. The summed E-state index contributed by atoms with van der Waals surface area (Å²) in [7, 11) is 0. The number of carbonyl (C=O) groups is 3. The van der Waals surface area contributed by atoms with Crippen LogP contribution in [0.1, 0.15) is 40.5 Å². The van der Waals surface area contributed by atoms with Crippen molar-refractivity contribution in [3.63, 3.8) is 0 Å². The second-order valence-electron chi connectivity index (χ2n) is 6.78. The Balaban J connectivity index is 2.63. The molecule has 1 aliphatic rings. The maximum absolute atomic E-state index is 12.5. The second-order valence-corrected chi connectivity index (χ2v) is 9.30. The van der Waals surface area contributed by atoms with Crippen molar-refractivity contribution in [1.82, 2.24) is 10.2 Å². The Hall–Kier alpha value is -0.920. The van der Waals surface area contributed by atoms with Crippen LogP contribution in [-0.4, -0.2) is 57.5 Å². The number of hydrogen-bond donors (Lipinski definition) is 1. The summed E-state index contributed by atoms with van der Waals surface area (Å²) in [5, 5.41) is 2.46. The highest BCUT2D eigenvalue weighted by atomic mass is 35.6. The first kappa shape index (κ1) is 22.1. The number of nitrogens with one attached hydrogen (secondary N) is 1. The standard InChI is InChI=1S/C15H23Cl3N2O5/c1-9(19-13(23)25-14(2,3)4)11(21)20-7-5-6-10(20)12(22)24-8-15(16,17)18/h9-10H,5-8H2,1-4H3,(H,19,23). The van der Waals surface area contributed by atoms with E-state index in [2.05, 4.69) is 5.32 Å². The summed E-state index contributed by atoms with van der Waals surface area (Å²) in [6, 6.07) is -1.61. The first-order valence-electron chi connectivity index (χ1n) is 7.83. The van der Waals surface area contributed by atoms with Crippen molar-refractivity contribution in [3.05, 3.63) is 0 Å². The van der Waals surface area contributed by atoms with Crippen LogP contribution in [-0.2, 0) is 19.1 Å². The van der Waals surface area contributed by atoms with E-state index >= 15 is 0 Å². The summed E-state index contributed by atoms with van der Waals surface area (Å²) >= 11 is 16.7. The zero-order valence-electron chi connectivity index (χ0n) is 14.6. The Morgan fingerprint density at radius 3 is 2.36 bits per heavy atom. The normalized spacial score (nSPS) is 19.3. The van der Waals surface area contributed by atoms with E-state index in [-0.39, 0.29) is 0 Å². The van der Waals surface area contributed by atoms with E-state index < -0.39 is 46.1 Å². The first-order valence-corrected chi connectivity index (χ1v) is 8.97. The molecule has 1 aliphatic heterocycles. The van der Waals surface area contributed by atoms with Crippen molar-refractivity contribution in [2.75, 3.05) is 13.2 Å². The van der Waals surface area contributed by atoms with Crippen LogP contribution in [0, 0.1) is 0 Å². The molecule has 0 aromatic carbocycles. The molecule has 1 N–H and O–H groups in total. The van der Waals surface area contributed by atoms with Gasteiger partial charge in [0.25, 0.3) is 0 Å². The molecule has 1 saturated heterocycles.